The minimum atomic E-state index is 0.0289. The Labute approximate surface area is 87.6 Å². The van der Waals surface area contributed by atoms with Crippen molar-refractivity contribution >= 4 is 15.9 Å². The molecule has 0 aliphatic rings. The maximum atomic E-state index is 5.97. The standard InChI is InChI=1S/C10H16BrNO/c1-3-7(2)6-8(12)9-4-5-10(11)13-9/h4-5,7-8H,3,6,12H2,1-2H3. The van der Waals surface area contributed by atoms with Gasteiger partial charge >= 0.3 is 0 Å². The van der Waals surface area contributed by atoms with Crippen molar-refractivity contribution < 1.29 is 4.42 Å². The summed E-state index contributed by atoms with van der Waals surface area (Å²) in [5.41, 5.74) is 5.97. The molecule has 0 aromatic carbocycles. The molecule has 0 radical (unpaired) electrons. The fourth-order valence-electron chi connectivity index (χ4n) is 1.24. The molecule has 0 saturated carbocycles. The van der Waals surface area contributed by atoms with Gasteiger partial charge in [0.1, 0.15) is 5.76 Å². The molecule has 0 bridgehead atoms. The van der Waals surface area contributed by atoms with Gasteiger partial charge in [0.15, 0.2) is 4.67 Å². The zero-order chi connectivity index (χ0) is 9.84. The summed E-state index contributed by atoms with van der Waals surface area (Å²) >= 11 is 3.26. The largest absolute Gasteiger partial charge is 0.453 e. The van der Waals surface area contributed by atoms with Crippen LogP contribution in [0.3, 0.4) is 0 Å². The summed E-state index contributed by atoms with van der Waals surface area (Å²) in [5.74, 6) is 1.52. The first kappa shape index (κ1) is 10.8. The number of hydrogen-bond acceptors (Lipinski definition) is 2. The van der Waals surface area contributed by atoms with Crippen molar-refractivity contribution in [3.8, 4) is 0 Å². The van der Waals surface area contributed by atoms with E-state index in [-0.39, 0.29) is 6.04 Å². The third kappa shape index (κ3) is 3.16. The van der Waals surface area contributed by atoms with Gasteiger partial charge in [0, 0.05) is 0 Å². The van der Waals surface area contributed by atoms with E-state index >= 15 is 0 Å². The van der Waals surface area contributed by atoms with Gasteiger partial charge < -0.3 is 10.2 Å². The Bertz CT molecular complexity index is 259. The molecule has 0 aliphatic carbocycles. The summed E-state index contributed by atoms with van der Waals surface area (Å²) in [5, 5.41) is 0. The normalized spacial score (nSPS) is 15.7. The Morgan fingerprint density at radius 1 is 1.54 bits per heavy atom. The molecule has 74 valence electrons. The molecule has 2 unspecified atom stereocenters. The third-order valence-corrected chi connectivity index (χ3v) is 2.74. The van der Waals surface area contributed by atoms with Crippen LogP contribution in [0.4, 0.5) is 0 Å². The van der Waals surface area contributed by atoms with Crippen molar-refractivity contribution in [1.82, 2.24) is 0 Å². The first-order valence-electron chi connectivity index (χ1n) is 4.64. The number of nitrogens with two attached hydrogens (primary N) is 1. The number of rotatable bonds is 4. The zero-order valence-corrected chi connectivity index (χ0v) is 9.67. The molecule has 1 aromatic rings. The Morgan fingerprint density at radius 2 is 2.23 bits per heavy atom. The Morgan fingerprint density at radius 3 is 2.69 bits per heavy atom. The van der Waals surface area contributed by atoms with Crippen LogP contribution in [0.5, 0.6) is 0 Å². The summed E-state index contributed by atoms with van der Waals surface area (Å²) in [6.07, 6.45) is 2.14. The number of halogens is 1. The molecule has 3 heteroatoms. The first-order valence-corrected chi connectivity index (χ1v) is 5.43. The van der Waals surface area contributed by atoms with E-state index in [1.54, 1.807) is 0 Å². The van der Waals surface area contributed by atoms with E-state index in [0.29, 0.717) is 5.92 Å². The second-order valence-electron chi connectivity index (χ2n) is 3.50. The molecular formula is C10H16BrNO. The van der Waals surface area contributed by atoms with E-state index in [1.165, 1.54) is 0 Å². The lowest BCUT2D eigenvalue weighted by Gasteiger charge is -2.13. The van der Waals surface area contributed by atoms with Gasteiger partial charge in [-0.3, -0.25) is 0 Å². The molecule has 1 aromatic heterocycles. The zero-order valence-electron chi connectivity index (χ0n) is 8.09. The van der Waals surface area contributed by atoms with Crippen LogP contribution in [0.25, 0.3) is 0 Å². The van der Waals surface area contributed by atoms with Crippen molar-refractivity contribution in [1.29, 1.82) is 0 Å². The lowest BCUT2D eigenvalue weighted by molar-refractivity contribution is 0.389. The van der Waals surface area contributed by atoms with E-state index in [0.717, 1.165) is 23.3 Å². The molecule has 1 heterocycles. The minimum absolute atomic E-state index is 0.0289. The summed E-state index contributed by atoms with van der Waals surface area (Å²) < 4.78 is 6.13. The van der Waals surface area contributed by atoms with Gasteiger partial charge in [0.25, 0.3) is 0 Å². The Balaban J connectivity index is 2.53. The summed E-state index contributed by atoms with van der Waals surface area (Å²) in [6, 6.07) is 3.84. The van der Waals surface area contributed by atoms with Gasteiger partial charge in [0.05, 0.1) is 6.04 Å². The minimum Gasteiger partial charge on any atom is -0.453 e. The summed E-state index contributed by atoms with van der Waals surface area (Å²) in [7, 11) is 0. The van der Waals surface area contributed by atoms with Crippen LogP contribution < -0.4 is 5.73 Å². The fourth-order valence-corrected chi connectivity index (χ4v) is 1.56. The predicted molar refractivity (Wildman–Crippen MR) is 57.4 cm³/mol. The molecule has 0 fully saturated rings. The maximum absolute atomic E-state index is 5.97. The van der Waals surface area contributed by atoms with E-state index in [4.69, 9.17) is 10.2 Å². The van der Waals surface area contributed by atoms with E-state index in [9.17, 15) is 0 Å². The highest BCUT2D eigenvalue weighted by Crippen LogP contribution is 2.24. The van der Waals surface area contributed by atoms with Gasteiger partial charge in [-0.25, -0.2) is 0 Å². The highest BCUT2D eigenvalue weighted by Gasteiger charge is 2.12. The highest BCUT2D eigenvalue weighted by atomic mass is 79.9. The van der Waals surface area contributed by atoms with E-state index < -0.39 is 0 Å². The third-order valence-electron chi connectivity index (χ3n) is 2.31. The molecule has 2 N–H and O–H groups in total. The molecule has 2 atom stereocenters. The lowest BCUT2D eigenvalue weighted by Crippen LogP contribution is -2.12. The highest BCUT2D eigenvalue weighted by molar-refractivity contribution is 9.10. The van der Waals surface area contributed by atoms with E-state index in [2.05, 4.69) is 29.8 Å². The van der Waals surface area contributed by atoms with Crippen molar-refractivity contribution in [2.24, 2.45) is 11.7 Å². The average molecular weight is 246 g/mol. The van der Waals surface area contributed by atoms with Crippen LogP contribution in [-0.4, -0.2) is 0 Å². The Kier molecular flexibility index (Phi) is 4.00. The average Bonchev–Trinajstić information content (AvgIpc) is 2.51. The molecule has 1 rings (SSSR count). The molecule has 0 aliphatic heterocycles. The lowest BCUT2D eigenvalue weighted by atomic mass is 9.99. The maximum Gasteiger partial charge on any atom is 0.169 e. The Hall–Kier alpha value is -0.280. The second kappa shape index (κ2) is 4.82. The number of hydrogen-bond donors (Lipinski definition) is 1. The van der Waals surface area contributed by atoms with Gasteiger partial charge in [-0.05, 0) is 40.4 Å². The molecule has 0 spiro atoms. The van der Waals surface area contributed by atoms with Crippen molar-refractivity contribution in [2.75, 3.05) is 0 Å². The molecule has 0 amide bonds. The van der Waals surface area contributed by atoms with Gasteiger partial charge in [-0.15, -0.1) is 0 Å². The second-order valence-corrected chi connectivity index (χ2v) is 4.28. The van der Waals surface area contributed by atoms with Crippen molar-refractivity contribution in [2.45, 2.75) is 32.7 Å². The van der Waals surface area contributed by atoms with Crippen LogP contribution in [-0.2, 0) is 0 Å². The van der Waals surface area contributed by atoms with Gasteiger partial charge in [-0.2, -0.15) is 0 Å². The van der Waals surface area contributed by atoms with Crippen LogP contribution in [0, 0.1) is 5.92 Å². The molecule has 13 heavy (non-hydrogen) atoms. The van der Waals surface area contributed by atoms with Gasteiger partial charge in [0.2, 0.25) is 0 Å². The summed E-state index contributed by atoms with van der Waals surface area (Å²) in [4.78, 5) is 0. The van der Waals surface area contributed by atoms with Crippen molar-refractivity contribution in [3.05, 3.63) is 22.6 Å². The number of furan rings is 1. The van der Waals surface area contributed by atoms with Crippen LogP contribution in [0.1, 0.15) is 38.5 Å². The van der Waals surface area contributed by atoms with E-state index in [1.807, 2.05) is 12.1 Å². The van der Waals surface area contributed by atoms with Crippen molar-refractivity contribution in [3.63, 3.8) is 0 Å². The monoisotopic (exact) mass is 245 g/mol. The smallest absolute Gasteiger partial charge is 0.169 e. The molecule has 0 saturated heterocycles. The SMILES string of the molecule is CCC(C)CC(N)c1ccc(Br)o1. The first-order chi connectivity index (χ1) is 6.13. The fraction of sp³-hybridized carbons (Fsp3) is 0.600. The topological polar surface area (TPSA) is 39.2 Å². The van der Waals surface area contributed by atoms with Crippen LogP contribution >= 0.6 is 15.9 Å². The predicted octanol–water partition coefficient (Wildman–Crippen LogP) is 3.48. The van der Waals surface area contributed by atoms with Crippen LogP contribution in [0.2, 0.25) is 0 Å². The molecular weight excluding hydrogens is 230 g/mol. The summed E-state index contributed by atoms with van der Waals surface area (Å²) in [6.45, 7) is 4.38. The molecule has 2 nitrogen and oxygen atoms in total. The van der Waals surface area contributed by atoms with Gasteiger partial charge in [-0.1, -0.05) is 20.3 Å². The quantitative estimate of drug-likeness (QED) is 0.883. The van der Waals surface area contributed by atoms with Crippen LogP contribution in [0.15, 0.2) is 21.2 Å².